The normalized spacial score (nSPS) is 18.9. The van der Waals surface area contributed by atoms with Gasteiger partial charge in [0.2, 0.25) is 5.90 Å². The minimum absolute atomic E-state index is 0.166. The molecule has 148 valence electrons. The van der Waals surface area contributed by atoms with Crippen LogP contribution in [0.4, 0.5) is 0 Å². The Kier molecular flexibility index (Phi) is 4.87. The van der Waals surface area contributed by atoms with Crippen LogP contribution in [0.2, 0.25) is 0 Å². The summed E-state index contributed by atoms with van der Waals surface area (Å²) in [5.74, 6) is 0.127. The van der Waals surface area contributed by atoms with Gasteiger partial charge >= 0.3 is 5.97 Å². The van der Waals surface area contributed by atoms with Crippen molar-refractivity contribution in [3.05, 3.63) is 83.9 Å². The number of rotatable bonds is 4. The summed E-state index contributed by atoms with van der Waals surface area (Å²) in [6.07, 6.45) is 0.430. The Labute approximate surface area is 171 Å². The monoisotopic (exact) mass is 387 g/mol. The maximum atomic E-state index is 13.2. The molecule has 1 atom stereocenters. The molecule has 0 aliphatic carbocycles. The number of hydrogen-bond acceptors (Lipinski definition) is 4. The van der Waals surface area contributed by atoms with Crippen molar-refractivity contribution in [1.82, 2.24) is 0 Å². The highest BCUT2D eigenvalue weighted by Gasteiger charge is 2.47. The van der Waals surface area contributed by atoms with Gasteiger partial charge in [-0.2, -0.15) is 0 Å². The van der Waals surface area contributed by atoms with Gasteiger partial charge in [0.05, 0.1) is 0 Å². The number of carbonyl (C=O) groups excluding carboxylic acids is 1. The van der Waals surface area contributed by atoms with Gasteiger partial charge in [0.1, 0.15) is 12.2 Å². The quantitative estimate of drug-likeness (QED) is 0.596. The van der Waals surface area contributed by atoms with Crippen LogP contribution in [0.15, 0.2) is 77.8 Å². The Bertz CT molecular complexity index is 1070. The number of nitrogens with zero attached hydrogens (tertiary/aromatic N) is 1. The molecule has 3 aromatic carbocycles. The summed E-state index contributed by atoms with van der Waals surface area (Å²) in [6, 6.07) is 24.1. The lowest BCUT2D eigenvalue weighted by Crippen LogP contribution is -2.45. The van der Waals surface area contributed by atoms with Gasteiger partial charge in [-0.3, -0.25) is 0 Å². The summed E-state index contributed by atoms with van der Waals surface area (Å²) >= 11 is 0. The second kappa shape index (κ2) is 7.36. The average Bonchev–Trinajstić information content (AvgIpc) is 3.12. The highest BCUT2D eigenvalue weighted by Crippen LogP contribution is 2.30. The fraction of sp³-hybridized carbons (Fsp3) is 0.280. The molecule has 29 heavy (non-hydrogen) atoms. The van der Waals surface area contributed by atoms with Crippen molar-refractivity contribution < 1.29 is 14.3 Å². The predicted octanol–water partition coefficient (Wildman–Crippen LogP) is 4.94. The number of fused-ring (bicyclic) bond motifs is 1. The fourth-order valence-corrected chi connectivity index (χ4v) is 3.49. The zero-order valence-electron chi connectivity index (χ0n) is 17.0. The summed E-state index contributed by atoms with van der Waals surface area (Å²) in [5.41, 5.74) is 0.199. The molecule has 1 heterocycles. The molecule has 4 heteroatoms. The summed E-state index contributed by atoms with van der Waals surface area (Å²) < 4.78 is 11.7. The number of esters is 1. The van der Waals surface area contributed by atoms with E-state index in [1.54, 1.807) is 0 Å². The van der Waals surface area contributed by atoms with Crippen molar-refractivity contribution in [2.45, 2.75) is 38.3 Å². The summed E-state index contributed by atoms with van der Waals surface area (Å²) in [4.78, 5) is 18.0. The van der Waals surface area contributed by atoms with E-state index >= 15 is 0 Å². The van der Waals surface area contributed by atoms with Crippen molar-refractivity contribution in [3.63, 3.8) is 0 Å². The first-order valence-electron chi connectivity index (χ1n) is 9.84. The van der Waals surface area contributed by atoms with E-state index in [1.165, 1.54) is 0 Å². The Hall–Kier alpha value is -3.14. The van der Waals surface area contributed by atoms with Crippen molar-refractivity contribution in [2.24, 2.45) is 4.99 Å². The van der Waals surface area contributed by atoms with Crippen molar-refractivity contribution >= 4 is 22.6 Å². The van der Waals surface area contributed by atoms with Gasteiger partial charge in [0.25, 0.3) is 0 Å². The minimum Gasteiger partial charge on any atom is -0.474 e. The molecule has 0 fully saturated rings. The van der Waals surface area contributed by atoms with Crippen LogP contribution in [-0.2, 0) is 20.7 Å². The van der Waals surface area contributed by atoms with Gasteiger partial charge in [0, 0.05) is 12.0 Å². The number of aliphatic imine (C=N–C) groups is 1. The summed E-state index contributed by atoms with van der Waals surface area (Å²) in [6.45, 7) is 5.76. The van der Waals surface area contributed by atoms with Crippen LogP contribution in [0.25, 0.3) is 10.8 Å². The molecule has 0 radical (unpaired) electrons. The molecule has 0 bridgehead atoms. The van der Waals surface area contributed by atoms with Crippen LogP contribution >= 0.6 is 0 Å². The Balaban J connectivity index is 1.72. The first kappa shape index (κ1) is 19.2. The molecule has 0 saturated heterocycles. The Morgan fingerprint density at radius 1 is 1.00 bits per heavy atom. The van der Waals surface area contributed by atoms with E-state index in [2.05, 4.69) is 12.1 Å². The largest absolute Gasteiger partial charge is 0.474 e. The van der Waals surface area contributed by atoms with Gasteiger partial charge in [0.15, 0.2) is 5.54 Å². The first-order chi connectivity index (χ1) is 13.8. The number of ether oxygens (including phenoxy) is 2. The van der Waals surface area contributed by atoms with E-state index in [9.17, 15) is 4.79 Å². The second-order valence-corrected chi connectivity index (χ2v) is 8.46. The smallest absolute Gasteiger partial charge is 0.338 e. The van der Waals surface area contributed by atoms with E-state index in [1.807, 2.05) is 81.4 Å². The lowest BCUT2D eigenvalue weighted by Gasteiger charge is -2.28. The van der Waals surface area contributed by atoms with Crippen LogP contribution in [0.5, 0.6) is 0 Å². The van der Waals surface area contributed by atoms with Crippen molar-refractivity contribution in [2.75, 3.05) is 6.61 Å². The van der Waals surface area contributed by atoms with Gasteiger partial charge in [-0.05, 0) is 49.2 Å². The maximum absolute atomic E-state index is 13.2. The molecule has 4 nitrogen and oxygen atoms in total. The minimum atomic E-state index is -1.09. The lowest BCUT2D eigenvalue weighted by molar-refractivity contribution is -0.162. The Morgan fingerprint density at radius 2 is 1.69 bits per heavy atom. The molecule has 1 aliphatic rings. The molecule has 0 saturated carbocycles. The summed E-state index contributed by atoms with van der Waals surface area (Å²) in [5, 5.41) is 2.26. The van der Waals surface area contributed by atoms with E-state index in [0.29, 0.717) is 12.3 Å². The summed E-state index contributed by atoms with van der Waals surface area (Å²) in [7, 11) is 0. The number of hydrogen-bond donors (Lipinski definition) is 0. The molecule has 0 spiro atoms. The third-order valence-electron chi connectivity index (χ3n) is 4.88. The molecular formula is C25H25NO3. The zero-order valence-corrected chi connectivity index (χ0v) is 17.0. The Morgan fingerprint density at radius 3 is 2.41 bits per heavy atom. The van der Waals surface area contributed by atoms with E-state index < -0.39 is 11.1 Å². The van der Waals surface area contributed by atoms with Gasteiger partial charge < -0.3 is 9.47 Å². The van der Waals surface area contributed by atoms with Crippen LogP contribution < -0.4 is 0 Å². The molecule has 0 amide bonds. The van der Waals surface area contributed by atoms with Crippen molar-refractivity contribution in [1.29, 1.82) is 0 Å². The fourth-order valence-electron chi connectivity index (χ4n) is 3.49. The predicted molar refractivity (Wildman–Crippen MR) is 115 cm³/mol. The molecular weight excluding hydrogens is 362 g/mol. The molecule has 0 aromatic heterocycles. The highest BCUT2D eigenvalue weighted by molar-refractivity contribution is 6.02. The average molecular weight is 387 g/mol. The van der Waals surface area contributed by atoms with Gasteiger partial charge in [-0.15, -0.1) is 0 Å². The molecule has 1 aliphatic heterocycles. The van der Waals surface area contributed by atoms with Crippen molar-refractivity contribution in [3.8, 4) is 0 Å². The number of benzene rings is 3. The van der Waals surface area contributed by atoms with Crippen LogP contribution in [0.3, 0.4) is 0 Å². The molecule has 4 rings (SSSR count). The van der Waals surface area contributed by atoms with Crippen LogP contribution in [-0.4, -0.2) is 29.6 Å². The second-order valence-electron chi connectivity index (χ2n) is 8.46. The van der Waals surface area contributed by atoms with Crippen LogP contribution in [0.1, 0.15) is 31.9 Å². The van der Waals surface area contributed by atoms with E-state index in [4.69, 9.17) is 14.5 Å². The highest BCUT2D eigenvalue weighted by atomic mass is 16.6. The van der Waals surface area contributed by atoms with Gasteiger partial charge in [-0.1, -0.05) is 60.7 Å². The zero-order chi connectivity index (χ0) is 20.5. The third kappa shape index (κ3) is 4.16. The molecule has 3 aromatic rings. The lowest BCUT2D eigenvalue weighted by atomic mass is 9.92. The van der Waals surface area contributed by atoms with E-state index in [0.717, 1.165) is 21.9 Å². The third-order valence-corrected chi connectivity index (χ3v) is 4.88. The molecule has 0 N–H and O–H groups in total. The SMILES string of the molecule is CC(C)(C)OC(=O)[C@@]1(Cc2ccccc2)COC(c2ccc3ccccc3c2)=N1. The van der Waals surface area contributed by atoms with Gasteiger partial charge in [-0.25, -0.2) is 9.79 Å². The standard InChI is InChI=1S/C25H25NO3/c1-24(2,3)29-23(27)25(16-18-9-5-4-6-10-18)17-28-22(26-25)21-14-13-19-11-7-8-12-20(19)15-21/h4-15H,16-17H2,1-3H3/t25-/m1/s1. The molecule has 0 unspecified atom stereocenters. The van der Waals surface area contributed by atoms with E-state index in [-0.39, 0.29) is 12.6 Å². The van der Waals surface area contributed by atoms with Crippen LogP contribution in [0, 0.1) is 0 Å². The first-order valence-corrected chi connectivity index (χ1v) is 9.84. The maximum Gasteiger partial charge on any atom is 0.338 e. The topological polar surface area (TPSA) is 47.9 Å². The number of carbonyl (C=O) groups is 1.